The Bertz CT molecular complexity index is 818. The third kappa shape index (κ3) is 2.32. The van der Waals surface area contributed by atoms with Crippen LogP contribution in [-0.2, 0) is 0 Å². The number of likely N-dealkylation sites (tertiary alicyclic amines) is 1. The molecule has 4 rings (SSSR count). The summed E-state index contributed by atoms with van der Waals surface area (Å²) >= 11 is 0. The van der Waals surface area contributed by atoms with Crippen molar-refractivity contribution in [2.24, 2.45) is 5.92 Å². The van der Waals surface area contributed by atoms with Gasteiger partial charge in [0.2, 0.25) is 0 Å². The van der Waals surface area contributed by atoms with E-state index in [1.165, 1.54) is 18.6 Å². The molecule has 0 aliphatic carbocycles. The van der Waals surface area contributed by atoms with Gasteiger partial charge in [0.25, 0.3) is 5.56 Å². The van der Waals surface area contributed by atoms with Crippen molar-refractivity contribution in [2.45, 2.75) is 31.7 Å². The lowest BCUT2D eigenvalue weighted by molar-refractivity contribution is 0.179. The lowest BCUT2D eigenvalue weighted by atomic mass is 9.76. The number of piperidine rings is 1. The highest BCUT2D eigenvalue weighted by molar-refractivity contribution is 5.96. The number of nitrogens with zero attached hydrogens (tertiary/aromatic N) is 2. The summed E-state index contributed by atoms with van der Waals surface area (Å²) in [6, 6.07) is 2.93. The highest BCUT2D eigenvalue weighted by atomic mass is 19.1. The molecule has 3 atom stereocenters. The summed E-state index contributed by atoms with van der Waals surface area (Å²) in [7, 11) is 2.15. The van der Waals surface area contributed by atoms with Crippen LogP contribution in [0.2, 0.25) is 0 Å². The van der Waals surface area contributed by atoms with Crippen molar-refractivity contribution in [3.63, 3.8) is 0 Å². The number of H-pyrrole nitrogens is 1. The molecule has 2 aromatic rings. The highest BCUT2D eigenvalue weighted by Crippen LogP contribution is 2.42. The van der Waals surface area contributed by atoms with Gasteiger partial charge in [-0.25, -0.2) is 9.49 Å². The lowest BCUT2D eigenvalue weighted by Gasteiger charge is -2.40. The molecule has 1 aromatic carbocycles. The molecule has 0 unspecified atom stereocenters. The molecule has 0 amide bonds. The van der Waals surface area contributed by atoms with Gasteiger partial charge >= 0.3 is 0 Å². The van der Waals surface area contributed by atoms with Gasteiger partial charge in [0, 0.05) is 29.6 Å². The van der Waals surface area contributed by atoms with E-state index in [1.807, 2.05) is 0 Å². The second kappa shape index (κ2) is 5.30. The maximum absolute atomic E-state index is 13.8. The summed E-state index contributed by atoms with van der Waals surface area (Å²) in [4.78, 5) is 14.4. The first-order valence-electron chi connectivity index (χ1n) is 8.21. The van der Waals surface area contributed by atoms with Gasteiger partial charge in [-0.2, -0.15) is 5.10 Å². The van der Waals surface area contributed by atoms with E-state index in [0.717, 1.165) is 30.6 Å². The molecule has 0 radical (unpaired) electrons. The molecule has 1 fully saturated rings. The molecule has 3 heterocycles. The number of aromatic amines is 1. The highest BCUT2D eigenvalue weighted by Gasteiger charge is 2.37. The quantitative estimate of drug-likeness (QED) is 0.847. The van der Waals surface area contributed by atoms with E-state index in [0.29, 0.717) is 17.0 Å². The number of halogens is 1. The fourth-order valence-corrected chi connectivity index (χ4v) is 4.35. The Morgan fingerprint density at radius 2 is 2.22 bits per heavy atom. The Balaban J connectivity index is 1.90. The monoisotopic (exact) mass is 316 g/mol. The van der Waals surface area contributed by atoms with E-state index in [4.69, 9.17) is 0 Å². The molecule has 23 heavy (non-hydrogen) atoms. The van der Waals surface area contributed by atoms with Crippen LogP contribution < -0.4 is 10.9 Å². The third-order valence-electron chi connectivity index (χ3n) is 5.29. The zero-order chi connectivity index (χ0) is 16.1. The Morgan fingerprint density at radius 3 is 3.00 bits per heavy atom. The summed E-state index contributed by atoms with van der Waals surface area (Å²) in [6.07, 6.45) is 2.33. The van der Waals surface area contributed by atoms with Crippen molar-refractivity contribution < 1.29 is 4.39 Å². The molecule has 0 bridgehead atoms. The average Bonchev–Trinajstić information content (AvgIpc) is 2.50. The first-order chi connectivity index (χ1) is 11.0. The van der Waals surface area contributed by atoms with E-state index >= 15 is 0 Å². The predicted octanol–water partition coefficient (Wildman–Crippen LogP) is 2.30. The SMILES string of the molecule is C[C@@H]1Nc2cc(F)cc3c(=O)[nH]nc(c23)[C@H]1[C@@H]1CCCN(C)C1. The van der Waals surface area contributed by atoms with Gasteiger partial charge in [-0.15, -0.1) is 0 Å². The molecule has 2 N–H and O–H groups in total. The van der Waals surface area contributed by atoms with Gasteiger partial charge in [-0.05, 0) is 51.4 Å². The van der Waals surface area contributed by atoms with Crippen molar-refractivity contribution in [2.75, 3.05) is 25.5 Å². The van der Waals surface area contributed by atoms with Crippen LogP contribution in [0.3, 0.4) is 0 Å². The van der Waals surface area contributed by atoms with Crippen LogP contribution in [-0.4, -0.2) is 41.3 Å². The molecule has 0 saturated carbocycles. The van der Waals surface area contributed by atoms with Gasteiger partial charge < -0.3 is 10.2 Å². The van der Waals surface area contributed by atoms with Crippen LogP contribution in [0.4, 0.5) is 10.1 Å². The smallest absolute Gasteiger partial charge is 0.272 e. The maximum atomic E-state index is 13.8. The Hall–Kier alpha value is -1.95. The standard InChI is InChI=1S/C17H21FN4O/c1-9-14(10-4-3-5-22(2)8-10)16-15-12(17(23)21-20-16)6-11(18)7-13(15)19-9/h6-7,9-10,14,19H,3-5,8H2,1-2H3,(H,21,23)/t9-,10+,14+/m0/s1. The molecule has 1 aromatic heterocycles. The molecular weight excluding hydrogens is 295 g/mol. The summed E-state index contributed by atoms with van der Waals surface area (Å²) in [5, 5.41) is 11.5. The van der Waals surface area contributed by atoms with Gasteiger partial charge in [0.15, 0.2) is 0 Å². The van der Waals surface area contributed by atoms with E-state index in [1.54, 1.807) is 0 Å². The number of anilines is 1. The van der Waals surface area contributed by atoms with Crippen molar-refractivity contribution in [1.29, 1.82) is 0 Å². The molecular formula is C17H21FN4O. The van der Waals surface area contributed by atoms with E-state index < -0.39 is 5.82 Å². The average molecular weight is 316 g/mol. The number of hydrogen-bond donors (Lipinski definition) is 2. The van der Waals surface area contributed by atoms with Crippen molar-refractivity contribution in [1.82, 2.24) is 15.1 Å². The van der Waals surface area contributed by atoms with Crippen LogP contribution in [0.1, 0.15) is 31.4 Å². The summed E-state index contributed by atoms with van der Waals surface area (Å²) in [5.41, 5.74) is 1.25. The van der Waals surface area contributed by atoms with E-state index in [9.17, 15) is 9.18 Å². The fourth-order valence-electron chi connectivity index (χ4n) is 4.35. The minimum absolute atomic E-state index is 0.155. The zero-order valence-electron chi connectivity index (χ0n) is 13.4. The van der Waals surface area contributed by atoms with Crippen LogP contribution in [0.25, 0.3) is 10.8 Å². The van der Waals surface area contributed by atoms with E-state index in [2.05, 4.69) is 34.4 Å². The Kier molecular flexibility index (Phi) is 3.37. The number of nitrogens with one attached hydrogen (secondary N) is 2. The molecule has 122 valence electrons. The Morgan fingerprint density at radius 1 is 1.39 bits per heavy atom. The molecule has 5 nitrogen and oxygen atoms in total. The molecule has 6 heteroatoms. The summed E-state index contributed by atoms with van der Waals surface area (Å²) in [6.45, 7) is 4.27. The number of aromatic nitrogens is 2. The van der Waals surface area contributed by atoms with Crippen LogP contribution in [0.5, 0.6) is 0 Å². The minimum Gasteiger partial charge on any atom is -0.381 e. The maximum Gasteiger partial charge on any atom is 0.272 e. The Labute approximate surface area is 133 Å². The minimum atomic E-state index is -0.398. The van der Waals surface area contributed by atoms with Crippen LogP contribution in [0, 0.1) is 11.7 Å². The zero-order valence-corrected chi connectivity index (χ0v) is 13.4. The molecule has 1 saturated heterocycles. The lowest BCUT2D eigenvalue weighted by Crippen LogP contribution is -2.42. The predicted molar refractivity (Wildman–Crippen MR) is 88.4 cm³/mol. The van der Waals surface area contributed by atoms with Crippen molar-refractivity contribution in [3.8, 4) is 0 Å². The van der Waals surface area contributed by atoms with Gasteiger partial charge in [0.05, 0.1) is 11.1 Å². The third-order valence-corrected chi connectivity index (χ3v) is 5.29. The molecule has 0 spiro atoms. The fraction of sp³-hybridized carbons (Fsp3) is 0.529. The topological polar surface area (TPSA) is 61.0 Å². The van der Waals surface area contributed by atoms with Gasteiger partial charge in [-0.1, -0.05) is 0 Å². The first kappa shape index (κ1) is 14.6. The number of rotatable bonds is 1. The first-order valence-corrected chi connectivity index (χ1v) is 8.21. The normalized spacial score (nSPS) is 27.9. The molecule has 2 aliphatic rings. The summed E-state index contributed by atoms with van der Waals surface area (Å²) in [5.74, 6) is 0.303. The van der Waals surface area contributed by atoms with Gasteiger partial charge in [-0.3, -0.25) is 4.79 Å². The van der Waals surface area contributed by atoms with Gasteiger partial charge in [0.1, 0.15) is 5.82 Å². The number of benzene rings is 1. The van der Waals surface area contributed by atoms with Crippen LogP contribution in [0.15, 0.2) is 16.9 Å². The van der Waals surface area contributed by atoms with Crippen LogP contribution >= 0.6 is 0 Å². The summed E-state index contributed by atoms with van der Waals surface area (Å²) < 4.78 is 13.8. The van der Waals surface area contributed by atoms with E-state index in [-0.39, 0.29) is 17.5 Å². The van der Waals surface area contributed by atoms with Crippen molar-refractivity contribution >= 4 is 16.5 Å². The largest absolute Gasteiger partial charge is 0.381 e. The second-order valence-electron chi connectivity index (χ2n) is 6.94. The second-order valence-corrected chi connectivity index (χ2v) is 6.94. The van der Waals surface area contributed by atoms with Crippen molar-refractivity contribution in [3.05, 3.63) is 34.0 Å². The number of hydrogen-bond acceptors (Lipinski definition) is 4. The molecule has 2 aliphatic heterocycles.